The molecule has 2 heterocycles. The second-order valence-corrected chi connectivity index (χ2v) is 10.0. The van der Waals surface area contributed by atoms with Gasteiger partial charge in [-0.1, -0.05) is 18.2 Å². The zero-order valence-corrected chi connectivity index (χ0v) is 21.2. The Bertz CT molecular complexity index is 1470. The molecule has 1 aliphatic rings. The molecule has 1 fully saturated rings. The molecule has 0 saturated carbocycles. The number of carboxylic acids is 1. The van der Waals surface area contributed by atoms with E-state index < -0.39 is 34.7 Å². The maximum absolute atomic E-state index is 15.5. The van der Waals surface area contributed by atoms with Gasteiger partial charge in [0.25, 0.3) is 0 Å². The zero-order chi connectivity index (χ0) is 28.7. The lowest BCUT2D eigenvalue weighted by atomic mass is 9.89. The number of hydrogen-bond acceptors (Lipinski definition) is 6. The van der Waals surface area contributed by atoms with Crippen molar-refractivity contribution in [1.82, 2.24) is 4.98 Å². The molecule has 39 heavy (non-hydrogen) atoms. The Balaban J connectivity index is 1.98. The molecule has 3 aromatic rings. The van der Waals surface area contributed by atoms with Gasteiger partial charge in [0.15, 0.2) is 0 Å². The van der Waals surface area contributed by atoms with Crippen LogP contribution in [0.15, 0.2) is 42.5 Å². The van der Waals surface area contributed by atoms with Crippen molar-refractivity contribution in [3.8, 4) is 28.5 Å². The lowest BCUT2D eigenvalue weighted by Gasteiger charge is -2.32. The molecule has 4 N–H and O–H groups in total. The minimum absolute atomic E-state index is 0.0267. The van der Waals surface area contributed by atoms with Gasteiger partial charge in [0, 0.05) is 41.4 Å². The molecule has 4 rings (SSSR count). The lowest BCUT2D eigenvalue weighted by Crippen LogP contribution is -2.40. The maximum atomic E-state index is 15.5. The summed E-state index contributed by atoms with van der Waals surface area (Å²) in [6.07, 6.45) is 1.25. The topological polar surface area (TPSA) is 123 Å². The Morgan fingerprint density at radius 3 is 2.31 bits per heavy atom. The van der Waals surface area contributed by atoms with Crippen molar-refractivity contribution in [2.75, 3.05) is 18.0 Å². The van der Waals surface area contributed by atoms with Gasteiger partial charge in [-0.05, 0) is 51.0 Å². The number of carbonyl (C=O) groups is 1. The molecule has 0 radical (unpaired) electrons. The SMILES string of the molecule is CC(C)(O)C(F)(F)c1ccc(-c2c(C(=O)O)cc(N3CCC(N)CC3)nc2-c2ccc(C#N)c(F)c2)c(F)c1. The van der Waals surface area contributed by atoms with Gasteiger partial charge in [-0.15, -0.1) is 0 Å². The van der Waals surface area contributed by atoms with Crippen LogP contribution >= 0.6 is 0 Å². The van der Waals surface area contributed by atoms with Crippen molar-refractivity contribution in [2.24, 2.45) is 5.73 Å². The van der Waals surface area contributed by atoms with E-state index in [0.717, 1.165) is 32.0 Å². The highest BCUT2D eigenvalue weighted by molar-refractivity contribution is 6.01. The summed E-state index contributed by atoms with van der Waals surface area (Å²) in [4.78, 5) is 18.8. The summed E-state index contributed by atoms with van der Waals surface area (Å²) in [6, 6.07) is 8.86. The van der Waals surface area contributed by atoms with E-state index in [4.69, 9.17) is 11.0 Å². The Morgan fingerprint density at radius 1 is 1.10 bits per heavy atom. The third-order valence-electron chi connectivity index (χ3n) is 6.83. The summed E-state index contributed by atoms with van der Waals surface area (Å²) >= 11 is 0. The van der Waals surface area contributed by atoms with Crippen molar-refractivity contribution < 1.29 is 32.6 Å². The number of aliphatic hydroxyl groups is 1. The normalized spacial score (nSPS) is 14.8. The Morgan fingerprint density at radius 2 is 1.77 bits per heavy atom. The van der Waals surface area contributed by atoms with Crippen LogP contribution in [0.5, 0.6) is 0 Å². The lowest BCUT2D eigenvalue weighted by molar-refractivity contribution is -0.168. The molecule has 1 saturated heterocycles. The molecule has 0 bridgehead atoms. The standard InChI is InChI=1S/C28H26F4N4O3/c1-27(2,39)28(31,32)17-5-6-19(22(30)12-17)24-20(26(37)38)13-23(36-9-7-18(34)8-10-36)35-25(24)15-3-4-16(14-33)21(29)11-15/h3-6,11-13,18,39H,7-10,34H2,1-2H3,(H,37,38). The number of nitrogens with two attached hydrogens (primary N) is 1. The maximum Gasteiger partial charge on any atom is 0.336 e. The molecule has 1 aromatic heterocycles. The van der Waals surface area contributed by atoms with Crippen molar-refractivity contribution in [3.63, 3.8) is 0 Å². The smallest absolute Gasteiger partial charge is 0.336 e. The van der Waals surface area contributed by atoms with E-state index >= 15 is 4.39 Å². The molecule has 0 spiro atoms. The van der Waals surface area contributed by atoms with Crippen LogP contribution < -0.4 is 10.6 Å². The van der Waals surface area contributed by atoms with Crippen LogP contribution in [-0.2, 0) is 5.92 Å². The molecule has 0 unspecified atom stereocenters. The van der Waals surface area contributed by atoms with Crippen LogP contribution in [0.25, 0.3) is 22.4 Å². The minimum Gasteiger partial charge on any atom is -0.478 e. The number of aromatic nitrogens is 1. The van der Waals surface area contributed by atoms with Crippen LogP contribution in [0.4, 0.5) is 23.4 Å². The number of rotatable bonds is 6. The summed E-state index contributed by atoms with van der Waals surface area (Å²) < 4.78 is 59.6. The first-order valence-electron chi connectivity index (χ1n) is 12.1. The predicted octanol–water partition coefficient (Wildman–Crippen LogP) is 5.05. The van der Waals surface area contributed by atoms with Crippen LogP contribution in [0.2, 0.25) is 0 Å². The fourth-order valence-corrected chi connectivity index (χ4v) is 4.49. The van der Waals surface area contributed by atoms with Gasteiger partial charge in [0.1, 0.15) is 29.1 Å². The number of hydrogen-bond donors (Lipinski definition) is 3. The number of carboxylic acid groups (broad SMARTS) is 1. The van der Waals surface area contributed by atoms with Gasteiger partial charge >= 0.3 is 11.9 Å². The van der Waals surface area contributed by atoms with E-state index in [1.54, 1.807) is 6.07 Å². The second kappa shape index (κ2) is 10.3. The molecule has 11 heteroatoms. The average Bonchev–Trinajstić information content (AvgIpc) is 2.87. The summed E-state index contributed by atoms with van der Waals surface area (Å²) in [5.41, 5.74) is 1.38. The van der Waals surface area contributed by atoms with E-state index in [2.05, 4.69) is 4.98 Å². The van der Waals surface area contributed by atoms with Gasteiger partial charge in [-0.3, -0.25) is 0 Å². The first-order chi connectivity index (χ1) is 18.2. The number of alkyl halides is 2. The number of piperidine rings is 1. The number of anilines is 1. The number of pyridine rings is 1. The summed E-state index contributed by atoms with van der Waals surface area (Å²) in [5, 5.41) is 29.1. The molecular formula is C28H26F4N4O3. The third-order valence-corrected chi connectivity index (χ3v) is 6.83. The van der Waals surface area contributed by atoms with Crippen molar-refractivity contribution >= 4 is 11.8 Å². The number of nitriles is 1. The highest BCUT2D eigenvalue weighted by atomic mass is 19.3. The number of halogens is 4. The van der Waals surface area contributed by atoms with Crippen LogP contribution in [0, 0.1) is 23.0 Å². The second-order valence-electron chi connectivity index (χ2n) is 10.0. The molecule has 2 aromatic carbocycles. The quantitative estimate of drug-likeness (QED) is 0.372. The minimum atomic E-state index is -3.82. The van der Waals surface area contributed by atoms with Gasteiger partial charge < -0.3 is 20.8 Å². The molecule has 204 valence electrons. The van der Waals surface area contributed by atoms with E-state index in [1.807, 2.05) is 4.90 Å². The largest absolute Gasteiger partial charge is 0.478 e. The van der Waals surface area contributed by atoms with Crippen molar-refractivity contribution in [3.05, 3.63) is 70.8 Å². The number of benzene rings is 2. The van der Waals surface area contributed by atoms with Gasteiger partial charge in [0.2, 0.25) is 0 Å². The Kier molecular flexibility index (Phi) is 7.38. The third kappa shape index (κ3) is 5.30. The predicted molar refractivity (Wildman–Crippen MR) is 136 cm³/mol. The number of nitrogens with zero attached hydrogens (tertiary/aromatic N) is 3. The first kappa shape index (κ1) is 28.0. The highest BCUT2D eigenvalue weighted by Gasteiger charge is 2.47. The molecule has 0 aliphatic carbocycles. The van der Waals surface area contributed by atoms with Gasteiger partial charge in [-0.2, -0.15) is 14.0 Å². The number of aromatic carboxylic acids is 1. The fourth-order valence-electron chi connectivity index (χ4n) is 4.49. The summed E-state index contributed by atoms with van der Waals surface area (Å²) in [6.45, 7) is 2.72. The summed E-state index contributed by atoms with van der Waals surface area (Å²) in [5.74, 6) is -7.10. The molecule has 7 nitrogen and oxygen atoms in total. The molecule has 0 amide bonds. The average molecular weight is 543 g/mol. The molecule has 0 atom stereocenters. The van der Waals surface area contributed by atoms with Crippen LogP contribution in [-0.4, -0.2) is 45.9 Å². The van der Waals surface area contributed by atoms with E-state index in [0.29, 0.717) is 32.0 Å². The van der Waals surface area contributed by atoms with Crippen LogP contribution in [0.3, 0.4) is 0 Å². The Labute approximate surface area is 222 Å². The van der Waals surface area contributed by atoms with Crippen LogP contribution in [0.1, 0.15) is 48.2 Å². The monoisotopic (exact) mass is 542 g/mol. The first-order valence-corrected chi connectivity index (χ1v) is 12.1. The van der Waals surface area contributed by atoms with E-state index in [-0.39, 0.29) is 45.4 Å². The van der Waals surface area contributed by atoms with E-state index in [9.17, 15) is 28.2 Å². The fraction of sp³-hybridized carbons (Fsp3) is 0.321. The highest BCUT2D eigenvalue weighted by Crippen LogP contribution is 2.42. The van der Waals surface area contributed by atoms with Crippen molar-refractivity contribution in [2.45, 2.75) is 44.3 Å². The summed E-state index contributed by atoms with van der Waals surface area (Å²) in [7, 11) is 0. The molecule has 1 aliphatic heterocycles. The van der Waals surface area contributed by atoms with E-state index in [1.165, 1.54) is 18.2 Å². The Hall–Kier alpha value is -4.01. The van der Waals surface area contributed by atoms with Gasteiger partial charge in [0.05, 0.1) is 16.8 Å². The zero-order valence-electron chi connectivity index (χ0n) is 21.2. The van der Waals surface area contributed by atoms with Crippen molar-refractivity contribution in [1.29, 1.82) is 5.26 Å². The molecular weight excluding hydrogens is 516 g/mol. The van der Waals surface area contributed by atoms with Gasteiger partial charge in [-0.25, -0.2) is 18.6 Å².